The van der Waals surface area contributed by atoms with Crippen LogP contribution in [0.4, 0.5) is 0 Å². The average molecular weight is 294 g/mol. The van der Waals surface area contributed by atoms with E-state index < -0.39 is 0 Å². The van der Waals surface area contributed by atoms with E-state index in [1.165, 1.54) is 51.4 Å². The molecule has 0 aliphatic rings. The van der Waals surface area contributed by atoms with Crippen molar-refractivity contribution in [2.24, 2.45) is 0 Å². The first-order valence-corrected chi connectivity index (χ1v) is 8.66. The lowest BCUT2D eigenvalue weighted by atomic mass is 10.1. The fraction of sp³-hybridized carbons (Fsp3) is 0.882. The quantitative estimate of drug-likeness (QED) is 0.620. The van der Waals surface area contributed by atoms with Crippen molar-refractivity contribution in [2.45, 2.75) is 91.1 Å². The van der Waals surface area contributed by atoms with Crippen LogP contribution in [0.15, 0.2) is 6.20 Å². The van der Waals surface area contributed by atoms with Crippen LogP contribution in [-0.2, 0) is 12.1 Å². The highest BCUT2D eigenvalue weighted by Gasteiger charge is 2.14. The summed E-state index contributed by atoms with van der Waals surface area (Å²) in [7, 11) is 0. The van der Waals surface area contributed by atoms with E-state index in [-0.39, 0.29) is 5.54 Å². The maximum atomic E-state index is 4.21. The standard InChI is InChI=1S/C17H34N4/c1-5-6-7-8-9-10-11-12-13-18-14-16-15-21(20-19-16)17(2,3)4/h15,18H,5-14H2,1-4H3. The average Bonchev–Trinajstić information content (AvgIpc) is 2.90. The van der Waals surface area contributed by atoms with Gasteiger partial charge in [0.2, 0.25) is 0 Å². The minimum Gasteiger partial charge on any atom is -0.311 e. The SMILES string of the molecule is CCCCCCCCCCNCc1cn(C(C)(C)C)nn1. The molecular weight excluding hydrogens is 260 g/mol. The van der Waals surface area contributed by atoms with Gasteiger partial charge >= 0.3 is 0 Å². The first-order valence-electron chi connectivity index (χ1n) is 8.66. The molecule has 1 N–H and O–H groups in total. The summed E-state index contributed by atoms with van der Waals surface area (Å²) in [5.74, 6) is 0. The minimum absolute atomic E-state index is 0.0169. The third-order valence-electron chi connectivity index (χ3n) is 3.74. The fourth-order valence-corrected chi connectivity index (χ4v) is 2.31. The Hall–Kier alpha value is -0.900. The van der Waals surface area contributed by atoms with Crippen molar-refractivity contribution in [3.63, 3.8) is 0 Å². The lowest BCUT2D eigenvalue weighted by molar-refractivity contribution is 0.347. The first kappa shape index (κ1) is 18.1. The van der Waals surface area contributed by atoms with E-state index in [0.29, 0.717) is 0 Å². The number of hydrogen-bond acceptors (Lipinski definition) is 3. The van der Waals surface area contributed by atoms with E-state index in [0.717, 1.165) is 18.8 Å². The van der Waals surface area contributed by atoms with Crippen LogP contribution in [0.3, 0.4) is 0 Å². The van der Waals surface area contributed by atoms with Crippen molar-refractivity contribution in [2.75, 3.05) is 6.54 Å². The molecule has 0 radical (unpaired) electrons. The molecule has 21 heavy (non-hydrogen) atoms. The number of aromatic nitrogens is 3. The molecule has 0 bridgehead atoms. The zero-order valence-electron chi connectivity index (χ0n) is 14.5. The molecule has 0 saturated heterocycles. The summed E-state index contributed by atoms with van der Waals surface area (Å²) in [6, 6.07) is 0. The molecule has 0 saturated carbocycles. The zero-order valence-corrected chi connectivity index (χ0v) is 14.5. The van der Waals surface area contributed by atoms with Gasteiger partial charge in [-0.2, -0.15) is 0 Å². The van der Waals surface area contributed by atoms with Crippen LogP contribution >= 0.6 is 0 Å². The molecule has 0 aromatic carbocycles. The third-order valence-corrected chi connectivity index (χ3v) is 3.74. The van der Waals surface area contributed by atoms with Gasteiger partial charge in [-0.3, -0.25) is 0 Å². The Bertz CT molecular complexity index is 365. The Kier molecular flexibility index (Phi) is 8.58. The topological polar surface area (TPSA) is 42.7 Å². The highest BCUT2D eigenvalue weighted by Crippen LogP contribution is 2.11. The highest BCUT2D eigenvalue weighted by atomic mass is 15.4. The molecule has 1 aromatic heterocycles. The van der Waals surface area contributed by atoms with Crippen LogP contribution in [-0.4, -0.2) is 21.5 Å². The number of rotatable bonds is 11. The second kappa shape index (κ2) is 9.93. The maximum Gasteiger partial charge on any atom is 0.0965 e. The van der Waals surface area contributed by atoms with Crippen LogP contribution in [0.1, 0.15) is 84.8 Å². The van der Waals surface area contributed by atoms with Gasteiger partial charge in [-0.15, -0.1) is 5.10 Å². The second-order valence-corrected chi connectivity index (χ2v) is 6.98. The van der Waals surface area contributed by atoms with Crippen LogP contribution in [0.25, 0.3) is 0 Å². The Labute approximate surface area is 130 Å². The monoisotopic (exact) mass is 294 g/mol. The van der Waals surface area contributed by atoms with E-state index in [2.05, 4.69) is 43.3 Å². The first-order chi connectivity index (χ1) is 10.0. The molecule has 4 nitrogen and oxygen atoms in total. The largest absolute Gasteiger partial charge is 0.311 e. The summed E-state index contributed by atoms with van der Waals surface area (Å²) in [5, 5.41) is 11.8. The Morgan fingerprint density at radius 2 is 1.62 bits per heavy atom. The van der Waals surface area contributed by atoms with Crippen molar-refractivity contribution >= 4 is 0 Å². The second-order valence-electron chi connectivity index (χ2n) is 6.98. The summed E-state index contributed by atoms with van der Waals surface area (Å²) in [6.07, 6.45) is 13.0. The molecule has 1 rings (SSSR count). The number of nitrogens with one attached hydrogen (secondary N) is 1. The van der Waals surface area contributed by atoms with E-state index in [1.807, 2.05) is 10.9 Å². The maximum absolute atomic E-state index is 4.21. The molecule has 4 heteroatoms. The molecular formula is C17H34N4. The predicted octanol–water partition coefficient (Wildman–Crippen LogP) is 4.26. The van der Waals surface area contributed by atoms with E-state index in [1.54, 1.807) is 0 Å². The lowest BCUT2D eigenvalue weighted by Crippen LogP contribution is -2.22. The number of nitrogens with zero attached hydrogens (tertiary/aromatic N) is 3. The smallest absolute Gasteiger partial charge is 0.0965 e. The molecule has 1 aromatic rings. The molecule has 122 valence electrons. The fourth-order valence-electron chi connectivity index (χ4n) is 2.31. The normalized spacial score (nSPS) is 12.0. The van der Waals surface area contributed by atoms with Crippen LogP contribution in [0.5, 0.6) is 0 Å². The van der Waals surface area contributed by atoms with Gasteiger partial charge < -0.3 is 5.32 Å². The molecule has 0 unspecified atom stereocenters. The van der Waals surface area contributed by atoms with E-state index >= 15 is 0 Å². The summed E-state index contributed by atoms with van der Waals surface area (Å²) in [4.78, 5) is 0. The van der Waals surface area contributed by atoms with Crippen LogP contribution < -0.4 is 5.32 Å². The number of unbranched alkanes of at least 4 members (excludes halogenated alkanes) is 7. The van der Waals surface area contributed by atoms with Gasteiger partial charge in [-0.05, 0) is 33.7 Å². The van der Waals surface area contributed by atoms with E-state index in [4.69, 9.17) is 0 Å². The summed E-state index contributed by atoms with van der Waals surface area (Å²) >= 11 is 0. The molecule has 0 aliphatic heterocycles. The molecule has 0 aliphatic carbocycles. The summed E-state index contributed by atoms with van der Waals surface area (Å²) in [5.41, 5.74) is 1.05. The van der Waals surface area contributed by atoms with Crippen molar-refractivity contribution in [3.05, 3.63) is 11.9 Å². The molecule has 0 spiro atoms. The van der Waals surface area contributed by atoms with Crippen LogP contribution in [0, 0.1) is 0 Å². The van der Waals surface area contributed by atoms with Crippen molar-refractivity contribution in [3.8, 4) is 0 Å². The van der Waals surface area contributed by atoms with E-state index in [9.17, 15) is 0 Å². The van der Waals surface area contributed by atoms with Gasteiger partial charge in [0.25, 0.3) is 0 Å². The van der Waals surface area contributed by atoms with Crippen molar-refractivity contribution in [1.82, 2.24) is 20.3 Å². The molecule has 1 heterocycles. The summed E-state index contributed by atoms with van der Waals surface area (Å²) < 4.78 is 1.93. The third kappa shape index (κ3) is 8.20. The number of hydrogen-bond donors (Lipinski definition) is 1. The van der Waals surface area contributed by atoms with Crippen molar-refractivity contribution in [1.29, 1.82) is 0 Å². The Morgan fingerprint density at radius 3 is 2.19 bits per heavy atom. The van der Waals surface area contributed by atoms with Crippen LogP contribution in [0.2, 0.25) is 0 Å². The van der Waals surface area contributed by atoms with Gasteiger partial charge in [0, 0.05) is 6.54 Å². The Balaban J connectivity index is 1.98. The Morgan fingerprint density at radius 1 is 1.00 bits per heavy atom. The lowest BCUT2D eigenvalue weighted by Gasteiger charge is -2.17. The highest BCUT2D eigenvalue weighted by molar-refractivity contribution is 4.93. The molecule has 0 amide bonds. The van der Waals surface area contributed by atoms with Gasteiger partial charge in [0.1, 0.15) is 0 Å². The van der Waals surface area contributed by atoms with Gasteiger partial charge in [-0.1, -0.05) is 57.1 Å². The van der Waals surface area contributed by atoms with Gasteiger partial charge in [-0.25, -0.2) is 4.68 Å². The van der Waals surface area contributed by atoms with Gasteiger partial charge in [0.05, 0.1) is 17.4 Å². The summed E-state index contributed by atoms with van der Waals surface area (Å²) in [6.45, 7) is 10.6. The zero-order chi connectivity index (χ0) is 15.6. The minimum atomic E-state index is 0.0169. The predicted molar refractivity (Wildman–Crippen MR) is 89.3 cm³/mol. The van der Waals surface area contributed by atoms with Crippen molar-refractivity contribution < 1.29 is 0 Å². The molecule has 0 fully saturated rings. The molecule has 0 atom stereocenters. The van der Waals surface area contributed by atoms with Gasteiger partial charge in [0.15, 0.2) is 0 Å².